The Morgan fingerprint density at radius 2 is 1.85 bits per heavy atom. The lowest BCUT2D eigenvalue weighted by atomic mass is 9.78. The third-order valence-corrected chi connectivity index (χ3v) is 8.87. The molecule has 1 spiro atoms. The quantitative estimate of drug-likeness (QED) is 0.363. The van der Waals surface area contributed by atoms with Crippen molar-refractivity contribution in [2.45, 2.75) is 82.4 Å². The van der Waals surface area contributed by atoms with E-state index in [4.69, 9.17) is 4.74 Å². The molecule has 2 heterocycles. The second-order valence-electron chi connectivity index (χ2n) is 11.4. The number of nitrogens with one attached hydrogen (secondary N) is 2. The molecule has 1 aliphatic carbocycles. The number of piperidine rings is 1. The molecule has 3 fully saturated rings. The molecule has 0 bridgehead atoms. The van der Waals surface area contributed by atoms with Crippen LogP contribution in [0.4, 0.5) is 0 Å². The molecule has 3 aliphatic rings. The van der Waals surface area contributed by atoms with Crippen LogP contribution in [0.1, 0.15) is 75.1 Å². The Bertz CT molecular complexity index is 1030. The molecule has 0 radical (unpaired) electrons. The first kappa shape index (κ1) is 30.1. The summed E-state index contributed by atoms with van der Waals surface area (Å²) in [6.07, 6.45) is 11.3. The van der Waals surface area contributed by atoms with Gasteiger partial charge in [-0.2, -0.15) is 0 Å². The third-order valence-electron chi connectivity index (χ3n) is 8.87. The number of piperazine rings is 1. The van der Waals surface area contributed by atoms with Gasteiger partial charge in [-0.15, -0.1) is 0 Å². The molecule has 0 unspecified atom stereocenters. The van der Waals surface area contributed by atoms with Crippen LogP contribution < -0.4 is 15.4 Å². The zero-order chi connectivity index (χ0) is 28.5. The van der Waals surface area contributed by atoms with E-state index in [-0.39, 0.29) is 23.6 Å². The Kier molecular flexibility index (Phi) is 10.6. The van der Waals surface area contributed by atoms with Crippen molar-refractivity contribution < 1.29 is 24.2 Å². The minimum Gasteiger partial charge on any atom is -0.490 e. The third kappa shape index (κ3) is 6.86. The van der Waals surface area contributed by atoms with Crippen molar-refractivity contribution in [2.75, 3.05) is 39.8 Å². The molecule has 1 aromatic rings. The maximum Gasteiger partial charge on any atom is 0.251 e. The highest BCUT2D eigenvalue weighted by molar-refractivity contribution is 6.00. The summed E-state index contributed by atoms with van der Waals surface area (Å²) >= 11 is 0. The van der Waals surface area contributed by atoms with Gasteiger partial charge in [-0.3, -0.25) is 19.3 Å². The molecule has 1 saturated carbocycles. The lowest BCUT2D eigenvalue weighted by Gasteiger charge is -2.52. The average Bonchev–Trinajstić information content (AvgIpc) is 2.99. The molecule has 2 saturated heterocycles. The van der Waals surface area contributed by atoms with Gasteiger partial charge in [-0.1, -0.05) is 44.8 Å². The van der Waals surface area contributed by atoms with Crippen LogP contribution in [0.5, 0.6) is 5.75 Å². The normalized spacial score (nSPS) is 22.9. The van der Waals surface area contributed by atoms with Gasteiger partial charge in [0, 0.05) is 38.8 Å². The second kappa shape index (κ2) is 14.1. The first-order valence-electron chi connectivity index (χ1n) is 15.0. The molecular formula is C31H46N4O5. The number of carbonyl (C=O) groups excluding carboxylic acids is 3. The number of benzene rings is 1. The maximum atomic E-state index is 13.7. The van der Waals surface area contributed by atoms with Gasteiger partial charge < -0.3 is 25.4 Å². The fourth-order valence-electron chi connectivity index (χ4n) is 6.34. The van der Waals surface area contributed by atoms with Crippen LogP contribution in [0.2, 0.25) is 0 Å². The van der Waals surface area contributed by atoms with Crippen LogP contribution in [0.15, 0.2) is 36.4 Å². The van der Waals surface area contributed by atoms with Crippen molar-refractivity contribution in [2.24, 2.45) is 5.92 Å². The van der Waals surface area contributed by atoms with Crippen molar-refractivity contribution in [3.05, 3.63) is 42.0 Å². The van der Waals surface area contributed by atoms with E-state index in [2.05, 4.69) is 28.5 Å². The molecule has 3 N–H and O–H groups in total. The average molecular weight is 555 g/mol. The number of aliphatic hydroxyl groups excluding tert-OH is 1. The maximum absolute atomic E-state index is 13.7. The Labute approximate surface area is 238 Å². The second-order valence-corrected chi connectivity index (χ2v) is 11.4. The van der Waals surface area contributed by atoms with Crippen molar-refractivity contribution in [3.8, 4) is 5.75 Å². The minimum absolute atomic E-state index is 0.0737. The van der Waals surface area contributed by atoms with Gasteiger partial charge in [0.2, 0.25) is 11.8 Å². The topological polar surface area (TPSA) is 111 Å². The molecule has 2 atom stereocenters. The summed E-state index contributed by atoms with van der Waals surface area (Å²) in [5.74, 6) is 0.429. The van der Waals surface area contributed by atoms with Crippen LogP contribution >= 0.6 is 0 Å². The number of hydrogen-bond donors (Lipinski definition) is 3. The van der Waals surface area contributed by atoms with Crippen LogP contribution in [0, 0.1) is 5.92 Å². The van der Waals surface area contributed by atoms with Crippen LogP contribution in [-0.2, 0) is 9.59 Å². The smallest absolute Gasteiger partial charge is 0.251 e. The summed E-state index contributed by atoms with van der Waals surface area (Å²) in [5, 5.41) is 16.7. The minimum atomic E-state index is -0.834. The fraction of sp³-hybridized carbons (Fsp3) is 0.645. The van der Waals surface area contributed by atoms with Gasteiger partial charge in [-0.25, -0.2) is 0 Å². The van der Waals surface area contributed by atoms with Crippen molar-refractivity contribution >= 4 is 17.7 Å². The lowest BCUT2D eigenvalue weighted by molar-refractivity contribution is -0.165. The van der Waals surface area contributed by atoms with E-state index in [0.717, 1.165) is 45.1 Å². The molecule has 4 rings (SSSR count). The number of carbonyl (C=O) groups is 3. The molecule has 1 aromatic carbocycles. The molecule has 9 heteroatoms. The molecule has 9 nitrogen and oxygen atoms in total. The van der Waals surface area contributed by atoms with Crippen LogP contribution in [0.3, 0.4) is 0 Å². The van der Waals surface area contributed by atoms with Crippen molar-refractivity contribution in [1.29, 1.82) is 0 Å². The molecule has 2 aliphatic heterocycles. The van der Waals surface area contributed by atoms with E-state index in [0.29, 0.717) is 50.4 Å². The number of hydrogen-bond acceptors (Lipinski definition) is 6. The van der Waals surface area contributed by atoms with Gasteiger partial charge in [-0.05, 0) is 62.3 Å². The molecule has 220 valence electrons. The first-order chi connectivity index (χ1) is 19.4. The SMILES string of the molecule is CCCCN1C(=O)[C@@H]([C@H](O)C2CCCCC2)NC(=O)C12CCN(C/C=C\COc1ccc(C(=O)NC)cc1)CC2. The Morgan fingerprint density at radius 3 is 2.50 bits per heavy atom. The summed E-state index contributed by atoms with van der Waals surface area (Å²) in [5.41, 5.74) is -0.245. The highest BCUT2D eigenvalue weighted by atomic mass is 16.5. The van der Waals surface area contributed by atoms with Crippen molar-refractivity contribution in [3.63, 3.8) is 0 Å². The van der Waals surface area contributed by atoms with Gasteiger partial charge >= 0.3 is 0 Å². The zero-order valence-electron chi connectivity index (χ0n) is 24.1. The number of aliphatic hydroxyl groups is 1. The van der Waals surface area contributed by atoms with E-state index >= 15 is 0 Å². The van der Waals surface area contributed by atoms with Gasteiger partial charge in [0.15, 0.2) is 0 Å². The predicted octanol–water partition coefficient (Wildman–Crippen LogP) is 2.88. The summed E-state index contributed by atoms with van der Waals surface area (Å²) in [6.45, 7) is 5.23. The summed E-state index contributed by atoms with van der Waals surface area (Å²) < 4.78 is 5.75. The van der Waals surface area contributed by atoms with E-state index in [1.807, 2.05) is 11.0 Å². The monoisotopic (exact) mass is 554 g/mol. The molecule has 40 heavy (non-hydrogen) atoms. The summed E-state index contributed by atoms with van der Waals surface area (Å²) in [4.78, 5) is 43.1. The Balaban J connectivity index is 1.30. The Morgan fingerprint density at radius 1 is 1.15 bits per heavy atom. The molecule has 0 aromatic heterocycles. The summed E-state index contributed by atoms with van der Waals surface area (Å²) in [7, 11) is 1.60. The number of ether oxygens (including phenoxy) is 1. The number of unbranched alkanes of at least 4 members (excludes halogenated alkanes) is 1. The van der Waals surface area contributed by atoms with E-state index in [9.17, 15) is 19.5 Å². The predicted molar refractivity (Wildman–Crippen MR) is 154 cm³/mol. The van der Waals surface area contributed by atoms with Gasteiger partial charge in [0.1, 0.15) is 23.9 Å². The number of amides is 3. The standard InChI is InChI=1S/C31H46N4O5/c1-3-4-19-35-29(38)26(27(36)23-10-6-5-7-11-23)33-30(39)31(35)16-20-34(21-17-31)18-8-9-22-40-25-14-12-24(13-15-25)28(37)32-2/h8-9,12-15,23,26-27,36H,3-7,10-11,16-22H2,1-2H3,(H,32,37)(H,33,39)/b9-8-/t26-,27-/m1/s1. The van der Waals surface area contributed by atoms with Gasteiger partial charge in [0.25, 0.3) is 5.91 Å². The van der Waals surface area contributed by atoms with Gasteiger partial charge in [0.05, 0.1) is 6.10 Å². The molecule has 3 amide bonds. The van der Waals surface area contributed by atoms with E-state index in [1.54, 1.807) is 31.3 Å². The summed E-state index contributed by atoms with van der Waals surface area (Å²) in [6, 6.07) is 6.19. The van der Waals surface area contributed by atoms with Crippen molar-refractivity contribution in [1.82, 2.24) is 20.4 Å². The van der Waals surface area contributed by atoms with Crippen LogP contribution in [-0.4, -0.2) is 90.1 Å². The first-order valence-corrected chi connectivity index (χ1v) is 15.0. The lowest BCUT2D eigenvalue weighted by Crippen LogP contribution is -2.75. The molecular weight excluding hydrogens is 508 g/mol. The number of nitrogens with zero attached hydrogens (tertiary/aromatic N) is 2. The number of rotatable bonds is 11. The Hall–Kier alpha value is -2.91. The van der Waals surface area contributed by atoms with Crippen LogP contribution in [0.25, 0.3) is 0 Å². The number of likely N-dealkylation sites (tertiary alicyclic amines) is 1. The highest BCUT2D eigenvalue weighted by Gasteiger charge is 2.55. The zero-order valence-corrected chi connectivity index (χ0v) is 24.1. The van der Waals surface area contributed by atoms with E-state index in [1.165, 1.54) is 6.42 Å². The highest BCUT2D eigenvalue weighted by Crippen LogP contribution is 2.36. The largest absolute Gasteiger partial charge is 0.490 e. The fourth-order valence-corrected chi connectivity index (χ4v) is 6.34. The van der Waals surface area contributed by atoms with E-state index < -0.39 is 17.7 Å².